The summed E-state index contributed by atoms with van der Waals surface area (Å²) in [6, 6.07) is 10.9. The third-order valence-corrected chi connectivity index (χ3v) is 5.51. The Morgan fingerprint density at radius 1 is 0.692 bits per heavy atom. The van der Waals surface area contributed by atoms with Crippen LogP contribution in [0.1, 0.15) is 90.0 Å². The molecule has 1 heterocycles. The summed E-state index contributed by atoms with van der Waals surface area (Å²) in [5.74, 6) is 0. The highest BCUT2D eigenvalue weighted by molar-refractivity contribution is 5.15. The van der Waals surface area contributed by atoms with E-state index in [9.17, 15) is 0 Å². The fourth-order valence-electron chi connectivity index (χ4n) is 3.90. The first-order valence-corrected chi connectivity index (χ1v) is 11.1. The molecule has 0 saturated heterocycles. The Morgan fingerprint density at radius 3 is 2.04 bits per heavy atom. The van der Waals surface area contributed by atoms with Crippen molar-refractivity contribution in [2.75, 3.05) is 6.54 Å². The Labute approximate surface area is 162 Å². The maximum absolute atomic E-state index is 2.59. The molecule has 1 aromatic rings. The van der Waals surface area contributed by atoms with Gasteiger partial charge in [0, 0.05) is 25.5 Å². The van der Waals surface area contributed by atoms with Crippen LogP contribution in [0.3, 0.4) is 0 Å². The molecule has 0 amide bonds. The predicted molar refractivity (Wildman–Crippen MR) is 114 cm³/mol. The van der Waals surface area contributed by atoms with E-state index in [1.807, 2.05) is 0 Å². The molecule has 1 atom stereocenters. The van der Waals surface area contributed by atoms with Gasteiger partial charge in [0.1, 0.15) is 6.17 Å². The largest absolute Gasteiger partial charge is 0.356 e. The van der Waals surface area contributed by atoms with Gasteiger partial charge in [-0.25, -0.2) is 0 Å². The molecular weight excluding hydrogens is 316 g/mol. The van der Waals surface area contributed by atoms with E-state index in [4.69, 9.17) is 0 Å². The van der Waals surface area contributed by atoms with Gasteiger partial charge in [0.25, 0.3) is 0 Å². The van der Waals surface area contributed by atoms with E-state index in [1.54, 1.807) is 0 Å². The molecule has 1 aromatic carbocycles. The van der Waals surface area contributed by atoms with Crippen molar-refractivity contribution in [3.63, 3.8) is 0 Å². The third kappa shape index (κ3) is 7.43. The molecule has 0 bridgehead atoms. The lowest BCUT2D eigenvalue weighted by molar-refractivity contribution is 0.132. The van der Waals surface area contributed by atoms with Crippen molar-refractivity contribution >= 4 is 0 Å². The van der Waals surface area contributed by atoms with Gasteiger partial charge >= 0.3 is 0 Å². The molecule has 1 aliphatic heterocycles. The number of benzene rings is 1. The second kappa shape index (κ2) is 12.8. The highest BCUT2D eigenvalue weighted by Crippen LogP contribution is 2.24. The van der Waals surface area contributed by atoms with Crippen LogP contribution in [0.5, 0.6) is 0 Å². The van der Waals surface area contributed by atoms with Gasteiger partial charge in [-0.05, 0) is 24.8 Å². The van der Waals surface area contributed by atoms with Crippen molar-refractivity contribution in [1.29, 1.82) is 0 Å². The quantitative estimate of drug-likeness (QED) is 0.333. The summed E-state index contributed by atoms with van der Waals surface area (Å²) >= 11 is 0. The highest BCUT2D eigenvalue weighted by atomic mass is 15.4. The monoisotopic (exact) mass is 356 g/mol. The lowest BCUT2D eigenvalue weighted by Gasteiger charge is -2.33. The first-order valence-electron chi connectivity index (χ1n) is 11.1. The summed E-state index contributed by atoms with van der Waals surface area (Å²) in [5.41, 5.74) is 1.41. The van der Waals surface area contributed by atoms with Crippen LogP contribution in [0, 0.1) is 0 Å². The summed E-state index contributed by atoms with van der Waals surface area (Å²) in [6.45, 7) is 6.82. The first kappa shape index (κ1) is 20.9. The minimum Gasteiger partial charge on any atom is -0.356 e. The van der Waals surface area contributed by atoms with Gasteiger partial charge in [0.2, 0.25) is 0 Å². The topological polar surface area (TPSA) is 6.48 Å². The number of rotatable bonds is 14. The van der Waals surface area contributed by atoms with E-state index in [2.05, 4.69) is 66.4 Å². The fourth-order valence-corrected chi connectivity index (χ4v) is 3.90. The van der Waals surface area contributed by atoms with Crippen molar-refractivity contribution in [3.8, 4) is 0 Å². The zero-order valence-corrected chi connectivity index (χ0v) is 17.2. The van der Waals surface area contributed by atoms with E-state index in [0.717, 1.165) is 6.54 Å². The molecule has 0 aliphatic carbocycles. The Morgan fingerprint density at radius 2 is 1.31 bits per heavy atom. The molecule has 2 heteroatoms. The molecule has 0 fully saturated rings. The average Bonchev–Trinajstić information content (AvgIpc) is 3.04. The molecule has 2 nitrogen and oxygen atoms in total. The molecule has 1 unspecified atom stereocenters. The van der Waals surface area contributed by atoms with E-state index in [0.29, 0.717) is 6.17 Å². The van der Waals surface area contributed by atoms with Crippen molar-refractivity contribution < 1.29 is 0 Å². The zero-order chi connectivity index (χ0) is 18.5. The van der Waals surface area contributed by atoms with Crippen LogP contribution >= 0.6 is 0 Å². The molecule has 0 spiro atoms. The maximum atomic E-state index is 2.59. The molecule has 146 valence electrons. The van der Waals surface area contributed by atoms with Crippen LogP contribution in [0.4, 0.5) is 0 Å². The van der Waals surface area contributed by atoms with E-state index < -0.39 is 0 Å². The second-order valence-corrected chi connectivity index (χ2v) is 7.79. The standard InChI is InChI=1S/C24H40N2/c1-3-5-7-8-9-10-14-18-24-25(19-15-6-4-2)20-21-26(24)22-23-16-12-11-13-17-23/h11-13,16-17,20-21,24H,3-10,14-15,18-19,22H2,1-2H3. The van der Waals surface area contributed by atoms with E-state index in [-0.39, 0.29) is 0 Å². The van der Waals surface area contributed by atoms with Crippen molar-refractivity contribution in [2.45, 2.75) is 97.2 Å². The number of unbranched alkanes of at least 4 members (excludes halogenated alkanes) is 8. The minimum atomic E-state index is 0.558. The predicted octanol–water partition coefficient (Wildman–Crippen LogP) is 6.93. The molecule has 0 N–H and O–H groups in total. The maximum Gasteiger partial charge on any atom is 0.101 e. The van der Waals surface area contributed by atoms with Crippen molar-refractivity contribution in [1.82, 2.24) is 9.80 Å². The van der Waals surface area contributed by atoms with Gasteiger partial charge in [-0.1, -0.05) is 95.5 Å². The Kier molecular flexibility index (Phi) is 10.3. The van der Waals surface area contributed by atoms with Crippen molar-refractivity contribution in [2.24, 2.45) is 0 Å². The minimum absolute atomic E-state index is 0.558. The van der Waals surface area contributed by atoms with Crippen LogP contribution in [-0.4, -0.2) is 22.5 Å². The SMILES string of the molecule is CCCCCCCCCC1N(CCCCC)C=CN1Cc1ccccc1. The molecule has 0 aromatic heterocycles. The zero-order valence-electron chi connectivity index (χ0n) is 17.2. The van der Waals surface area contributed by atoms with Crippen LogP contribution in [0.15, 0.2) is 42.7 Å². The van der Waals surface area contributed by atoms with Gasteiger partial charge < -0.3 is 9.80 Å². The molecule has 26 heavy (non-hydrogen) atoms. The summed E-state index contributed by atoms with van der Waals surface area (Å²) in [4.78, 5) is 5.15. The normalized spacial score (nSPS) is 16.6. The van der Waals surface area contributed by atoms with Gasteiger partial charge in [0.15, 0.2) is 0 Å². The average molecular weight is 357 g/mol. The Hall–Kier alpha value is -1.44. The highest BCUT2D eigenvalue weighted by Gasteiger charge is 2.25. The smallest absolute Gasteiger partial charge is 0.101 e. The lowest BCUT2D eigenvalue weighted by atomic mass is 10.1. The summed E-state index contributed by atoms with van der Waals surface area (Å²) in [6.07, 6.45) is 20.2. The number of hydrogen-bond acceptors (Lipinski definition) is 2. The Balaban J connectivity index is 1.80. The summed E-state index contributed by atoms with van der Waals surface area (Å²) in [5, 5.41) is 0. The van der Waals surface area contributed by atoms with Gasteiger partial charge in [0.05, 0.1) is 0 Å². The molecule has 2 rings (SSSR count). The van der Waals surface area contributed by atoms with E-state index >= 15 is 0 Å². The lowest BCUT2D eigenvalue weighted by Crippen LogP contribution is -2.38. The molecule has 0 radical (unpaired) electrons. The molecular formula is C24H40N2. The van der Waals surface area contributed by atoms with Gasteiger partial charge in [-0.3, -0.25) is 0 Å². The summed E-state index contributed by atoms with van der Waals surface area (Å²) < 4.78 is 0. The van der Waals surface area contributed by atoms with E-state index in [1.165, 1.54) is 82.7 Å². The van der Waals surface area contributed by atoms with Crippen LogP contribution in [-0.2, 0) is 6.54 Å². The number of nitrogens with zero attached hydrogens (tertiary/aromatic N) is 2. The number of hydrogen-bond donors (Lipinski definition) is 0. The van der Waals surface area contributed by atoms with Gasteiger partial charge in [-0.2, -0.15) is 0 Å². The third-order valence-electron chi connectivity index (χ3n) is 5.51. The fraction of sp³-hybridized carbons (Fsp3) is 0.667. The second-order valence-electron chi connectivity index (χ2n) is 7.79. The van der Waals surface area contributed by atoms with Crippen LogP contribution in [0.2, 0.25) is 0 Å². The van der Waals surface area contributed by atoms with Crippen molar-refractivity contribution in [3.05, 3.63) is 48.3 Å². The molecule has 1 aliphatic rings. The Bertz CT molecular complexity index is 482. The molecule has 0 saturated carbocycles. The van der Waals surface area contributed by atoms with Crippen LogP contribution < -0.4 is 0 Å². The summed E-state index contributed by atoms with van der Waals surface area (Å²) in [7, 11) is 0. The first-order chi connectivity index (χ1) is 12.8. The van der Waals surface area contributed by atoms with Gasteiger partial charge in [-0.15, -0.1) is 0 Å². The van der Waals surface area contributed by atoms with Crippen LogP contribution in [0.25, 0.3) is 0 Å².